The van der Waals surface area contributed by atoms with E-state index in [2.05, 4.69) is 9.98 Å². The second-order valence-electron chi connectivity index (χ2n) is 6.21. The zero-order chi connectivity index (χ0) is 19.4. The van der Waals surface area contributed by atoms with Crippen molar-refractivity contribution in [2.24, 2.45) is 21.5 Å². The lowest BCUT2D eigenvalue weighted by Gasteiger charge is -2.09. The Kier molecular flexibility index (Phi) is 5.67. The highest BCUT2D eigenvalue weighted by molar-refractivity contribution is 6.03. The summed E-state index contributed by atoms with van der Waals surface area (Å²) in [6.45, 7) is 7.33. The molecule has 6 N–H and O–H groups in total. The van der Waals surface area contributed by atoms with Crippen LogP contribution in [0, 0.1) is 13.8 Å². The molecule has 0 fully saturated rings. The number of hydrogen-bond acceptors (Lipinski definition) is 6. The molecule has 0 saturated carbocycles. The maximum Gasteiger partial charge on any atom is 0.193 e. The number of aliphatic imine (C=N–C) groups is 2. The van der Waals surface area contributed by atoms with Gasteiger partial charge in [-0.2, -0.15) is 0 Å². The van der Waals surface area contributed by atoms with Gasteiger partial charge in [-0.3, -0.25) is 0 Å². The summed E-state index contributed by atoms with van der Waals surface area (Å²) >= 11 is 0. The molecule has 0 aliphatic carbocycles. The number of phenols is 2. The van der Waals surface area contributed by atoms with E-state index in [1.54, 1.807) is 26.0 Å². The number of hydrogen-bond donors (Lipinski definition) is 4. The lowest BCUT2D eigenvalue weighted by molar-refractivity contribution is 0.473. The van der Waals surface area contributed by atoms with Crippen LogP contribution < -0.4 is 11.5 Å². The molecular weight excluding hydrogens is 328 g/mol. The van der Waals surface area contributed by atoms with E-state index in [-0.39, 0.29) is 23.1 Å². The number of phenolic OH excluding ortho intramolecular Hbond substituents is 2. The Morgan fingerprint density at radius 1 is 0.769 bits per heavy atom. The van der Waals surface area contributed by atoms with Crippen LogP contribution in [0.25, 0.3) is 0 Å². The first-order valence-electron chi connectivity index (χ1n) is 8.15. The lowest BCUT2D eigenvalue weighted by atomic mass is 10.1. The van der Waals surface area contributed by atoms with E-state index in [0.717, 1.165) is 11.1 Å². The third kappa shape index (κ3) is 4.42. The van der Waals surface area contributed by atoms with Gasteiger partial charge in [0.2, 0.25) is 0 Å². The minimum atomic E-state index is -0.0528. The van der Waals surface area contributed by atoms with Crippen molar-refractivity contribution in [2.75, 3.05) is 0 Å². The first kappa shape index (κ1) is 19.1. The van der Waals surface area contributed by atoms with Crippen molar-refractivity contribution in [3.63, 3.8) is 0 Å². The van der Waals surface area contributed by atoms with Crippen LogP contribution >= 0.6 is 0 Å². The minimum absolute atomic E-state index is 0.0528. The number of benzene rings is 2. The largest absolute Gasteiger partial charge is 0.507 e. The van der Waals surface area contributed by atoms with Crippen LogP contribution in [0.15, 0.2) is 58.0 Å². The van der Waals surface area contributed by atoms with E-state index in [1.807, 2.05) is 38.1 Å². The third-order valence-electron chi connectivity index (χ3n) is 3.89. The molecule has 6 heteroatoms. The number of aromatic hydroxyl groups is 2. The Morgan fingerprint density at radius 2 is 1.15 bits per heavy atom. The summed E-state index contributed by atoms with van der Waals surface area (Å²) in [6, 6.07) is 10.5. The molecule has 0 unspecified atom stereocenters. The van der Waals surface area contributed by atoms with Crippen LogP contribution in [-0.2, 0) is 0 Å². The van der Waals surface area contributed by atoms with E-state index in [4.69, 9.17) is 11.5 Å². The molecule has 26 heavy (non-hydrogen) atoms. The average molecular weight is 352 g/mol. The molecule has 0 aromatic heterocycles. The molecule has 6 nitrogen and oxygen atoms in total. The van der Waals surface area contributed by atoms with Gasteiger partial charge in [0.05, 0.1) is 11.4 Å². The molecule has 0 amide bonds. The van der Waals surface area contributed by atoms with Gasteiger partial charge in [-0.1, -0.05) is 23.3 Å². The smallest absolute Gasteiger partial charge is 0.193 e. The zero-order valence-electron chi connectivity index (χ0n) is 15.4. The summed E-state index contributed by atoms with van der Waals surface area (Å²) in [6.07, 6.45) is 0. The van der Waals surface area contributed by atoms with Crippen LogP contribution in [0.1, 0.15) is 36.1 Å². The van der Waals surface area contributed by atoms with Gasteiger partial charge in [-0.05, 0) is 52.0 Å². The van der Waals surface area contributed by atoms with Crippen LogP contribution in [-0.4, -0.2) is 21.6 Å². The van der Waals surface area contributed by atoms with Crippen LogP contribution in [0.3, 0.4) is 0 Å². The highest BCUT2D eigenvalue weighted by Crippen LogP contribution is 2.22. The summed E-state index contributed by atoms with van der Waals surface area (Å²) in [7, 11) is 0. The Balaban J connectivity index is 2.48. The molecule has 0 radical (unpaired) electrons. The standard InChI is InChI=1S/C20H24N4O2/c1-11-5-7-17(25)15(9-11)13(3)23-20(19(21)22)24-14(4)16-10-12(2)6-8-18(16)26/h5-10,25-26H,21-22H2,1-4H3. The van der Waals surface area contributed by atoms with E-state index in [9.17, 15) is 10.2 Å². The lowest BCUT2D eigenvalue weighted by Crippen LogP contribution is -2.12. The fourth-order valence-corrected chi connectivity index (χ4v) is 2.47. The second kappa shape index (κ2) is 7.74. The molecule has 0 heterocycles. The summed E-state index contributed by atoms with van der Waals surface area (Å²) < 4.78 is 0. The molecule has 0 bridgehead atoms. The number of nitrogens with zero attached hydrogens (tertiary/aromatic N) is 2. The average Bonchev–Trinajstić information content (AvgIpc) is 2.58. The fourth-order valence-electron chi connectivity index (χ4n) is 2.47. The first-order valence-corrected chi connectivity index (χ1v) is 8.15. The van der Waals surface area contributed by atoms with Crippen molar-refractivity contribution in [3.05, 3.63) is 70.3 Å². The van der Waals surface area contributed by atoms with Crippen molar-refractivity contribution < 1.29 is 10.2 Å². The van der Waals surface area contributed by atoms with Gasteiger partial charge in [-0.15, -0.1) is 0 Å². The van der Waals surface area contributed by atoms with Gasteiger partial charge in [0, 0.05) is 11.1 Å². The second-order valence-corrected chi connectivity index (χ2v) is 6.21. The highest BCUT2D eigenvalue weighted by Gasteiger charge is 2.10. The van der Waals surface area contributed by atoms with Crippen LogP contribution in [0.4, 0.5) is 0 Å². The van der Waals surface area contributed by atoms with Crippen molar-refractivity contribution in [1.29, 1.82) is 0 Å². The van der Waals surface area contributed by atoms with E-state index in [1.165, 1.54) is 0 Å². The molecule has 0 saturated heterocycles. The van der Waals surface area contributed by atoms with Gasteiger partial charge in [-0.25, -0.2) is 9.98 Å². The Morgan fingerprint density at radius 3 is 1.50 bits per heavy atom. The van der Waals surface area contributed by atoms with E-state index in [0.29, 0.717) is 22.6 Å². The van der Waals surface area contributed by atoms with Crippen LogP contribution in [0.2, 0.25) is 0 Å². The van der Waals surface area contributed by atoms with Crippen molar-refractivity contribution >= 4 is 11.4 Å². The molecule has 0 aliphatic heterocycles. The first-order chi connectivity index (χ1) is 12.2. The molecule has 2 aromatic carbocycles. The summed E-state index contributed by atoms with van der Waals surface area (Å²) in [5, 5.41) is 20.1. The predicted molar refractivity (Wildman–Crippen MR) is 106 cm³/mol. The van der Waals surface area contributed by atoms with Gasteiger partial charge >= 0.3 is 0 Å². The number of nitrogens with two attached hydrogens (primary N) is 2. The minimum Gasteiger partial charge on any atom is -0.507 e. The van der Waals surface area contributed by atoms with Crippen LogP contribution in [0.5, 0.6) is 11.5 Å². The number of aryl methyl sites for hydroxylation is 2. The Labute approximate surface area is 153 Å². The molecule has 136 valence electrons. The quantitative estimate of drug-likeness (QED) is 0.632. The molecule has 0 aliphatic rings. The van der Waals surface area contributed by atoms with Crippen molar-refractivity contribution in [3.8, 4) is 11.5 Å². The summed E-state index contributed by atoms with van der Waals surface area (Å²) in [5.41, 5.74) is 15.7. The maximum absolute atomic E-state index is 10.1. The Hall–Kier alpha value is -3.28. The molecular formula is C20H24N4O2. The molecule has 2 rings (SSSR count). The molecule has 0 atom stereocenters. The third-order valence-corrected chi connectivity index (χ3v) is 3.89. The zero-order valence-corrected chi connectivity index (χ0v) is 15.4. The van der Waals surface area contributed by atoms with Crippen molar-refractivity contribution in [1.82, 2.24) is 0 Å². The molecule has 0 spiro atoms. The highest BCUT2D eigenvalue weighted by atomic mass is 16.3. The Bertz CT molecular complexity index is 854. The monoisotopic (exact) mass is 352 g/mol. The predicted octanol–water partition coefficient (Wildman–Crippen LogP) is 3.08. The summed E-state index contributed by atoms with van der Waals surface area (Å²) in [5.74, 6) is 0.303. The SMILES string of the molecule is CC(=NC(N=C(C)c1cc(C)ccc1O)=C(N)N)c1cc(C)ccc1O. The maximum atomic E-state index is 10.1. The topological polar surface area (TPSA) is 117 Å². The van der Waals surface area contributed by atoms with Gasteiger partial charge in [0.25, 0.3) is 0 Å². The van der Waals surface area contributed by atoms with E-state index >= 15 is 0 Å². The normalized spacial score (nSPS) is 12.2. The van der Waals surface area contributed by atoms with E-state index < -0.39 is 0 Å². The van der Waals surface area contributed by atoms with Gasteiger partial charge < -0.3 is 21.7 Å². The van der Waals surface area contributed by atoms with Gasteiger partial charge in [0.1, 0.15) is 17.3 Å². The number of rotatable bonds is 4. The van der Waals surface area contributed by atoms with Gasteiger partial charge in [0.15, 0.2) is 5.82 Å². The fraction of sp³-hybridized carbons (Fsp3) is 0.200. The summed E-state index contributed by atoms with van der Waals surface area (Å²) in [4.78, 5) is 8.77. The van der Waals surface area contributed by atoms with Crippen molar-refractivity contribution in [2.45, 2.75) is 27.7 Å². The molecule has 2 aromatic rings.